The summed E-state index contributed by atoms with van der Waals surface area (Å²) in [4.78, 5) is 29.9. The largest absolute Gasteiger partial charge is 0.479 e. The molecule has 0 unspecified atom stereocenters. The maximum atomic E-state index is 13.4. The number of hydrogen-bond acceptors (Lipinski definition) is 3. The van der Waals surface area contributed by atoms with Crippen LogP contribution in [0.15, 0.2) is 18.2 Å². The predicted molar refractivity (Wildman–Crippen MR) is 142 cm³/mol. The smallest absolute Gasteiger partial charge is 0.337 e. The van der Waals surface area contributed by atoms with Gasteiger partial charge in [-0.3, -0.25) is 0 Å². The van der Waals surface area contributed by atoms with Crippen LogP contribution >= 0.6 is 11.6 Å². The quantitative estimate of drug-likeness (QED) is 0.489. The van der Waals surface area contributed by atoms with Crippen molar-refractivity contribution >= 4 is 23.6 Å². The molecule has 0 bridgehead atoms. The highest BCUT2D eigenvalue weighted by atomic mass is 35.5. The molecule has 2 amide bonds. The number of halogens is 1. The summed E-state index contributed by atoms with van der Waals surface area (Å²) in [5.41, 5.74) is 6.77. The zero-order valence-electron chi connectivity index (χ0n) is 22.2. The Morgan fingerprint density at radius 1 is 0.972 bits per heavy atom. The van der Waals surface area contributed by atoms with Crippen LogP contribution in [-0.4, -0.2) is 45.6 Å². The summed E-state index contributed by atoms with van der Waals surface area (Å²) in [6, 6.07) is 5.75. The van der Waals surface area contributed by atoms with E-state index < -0.39 is 17.7 Å². The molecular weight excluding hydrogens is 476 g/mol. The van der Waals surface area contributed by atoms with Gasteiger partial charge in [0.05, 0.1) is 5.60 Å². The van der Waals surface area contributed by atoms with E-state index in [1.165, 1.54) is 6.42 Å². The van der Waals surface area contributed by atoms with Crippen molar-refractivity contribution in [2.24, 2.45) is 0 Å². The van der Waals surface area contributed by atoms with Gasteiger partial charge < -0.3 is 19.6 Å². The second-order valence-corrected chi connectivity index (χ2v) is 11.5. The van der Waals surface area contributed by atoms with Gasteiger partial charge in [-0.2, -0.15) is 0 Å². The monoisotopic (exact) mass is 512 g/mol. The molecule has 1 atom stereocenters. The maximum Gasteiger partial charge on any atom is 0.337 e. The van der Waals surface area contributed by atoms with Crippen LogP contribution in [0.4, 0.5) is 4.79 Å². The van der Waals surface area contributed by atoms with Crippen molar-refractivity contribution in [2.45, 2.75) is 85.6 Å². The van der Waals surface area contributed by atoms with Gasteiger partial charge in [0.2, 0.25) is 0 Å². The lowest BCUT2D eigenvalue weighted by atomic mass is 9.82. The molecule has 0 aromatic heterocycles. The number of rotatable bonds is 4. The van der Waals surface area contributed by atoms with E-state index in [-0.39, 0.29) is 6.03 Å². The predicted octanol–water partition coefficient (Wildman–Crippen LogP) is 6.79. The number of carbonyl (C=O) groups is 2. The number of carboxylic acid groups (broad SMARTS) is 1. The van der Waals surface area contributed by atoms with Gasteiger partial charge in [0.25, 0.3) is 0 Å². The molecule has 0 radical (unpaired) electrons. The van der Waals surface area contributed by atoms with Gasteiger partial charge in [0.15, 0.2) is 6.10 Å². The fourth-order valence-corrected chi connectivity index (χ4v) is 5.84. The van der Waals surface area contributed by atoms with Gasteiger partial charge >= 0.3 is 12.0 Å². The van der Waals surface area contributed by atoms with Crippen molar-refractivity contribution in [2.75, 3.05) is 13.1 Å². The maximum absolute atomic E-state index is 13.4. The number of carbonyl (C=O) groups excluding carboxylic acids is 1. The molecule has 36 heavy (non-hydrogen) atoms. The van der Waals surface area contributed by atoms with Crippen LogP contribution in [-0.2, 0) is 22.6 Å². The summed E-state index contributed by atoms with van der Waals surface area (Å²) in [5, 5.41) is 11.0. The summed E-state index contributed by atoms with van der Waals surface area (Å²) >= 11 is 6.27. The number of carboxylic acids is 1. The standard InChI is InChI=1S/C29H37ClN2O4/c1-17-14-20(30)10-11-21(17)24-18(2)22-15-32(28(35)31-12-8-7-9-13-31)16-23(22)19(3)25(24)26(27(33)34)36-29(4,5)6/h10-11,14,26H,7-9,12-13,15-16H2,1-6H3,(H,33,34)/t26-/m0/s1. The highest BCUT2D eigenvalue weighted by Crippen LogP contribution is 2.45. The zero-order valence-corrected chi connectivity index (χ0v) is 23.0. The molecular formula is C29H37ClN2O4. The summed E-state index contributed by atoms with van der Waals surface area (Å²) < 4.78 is 6.16. The third-order valence-electron chi connectivity index (χ3n) is 7.33. The van der Waals surface area contributed by atoms with Crippen LogP contribution in [0.5, 0.6) is 0 Å². The minimum Gasteiger partial charge on any atom is -0.479 e. The molecule has 2 aliphatic rings. The number of ether oxygens (including phenoxy) is 1. The number of aryl methyl sites for hydroxylation is 1. The molecule has 2 aromatic rings. The van der Waals surface area contributed by atoms with Gasteiger partial charge in [0, 0.05) is 36.8 Å². The summed E-state index contributed by atoms with van der Waals surface area (Å²) in [6.45, 7) is 14.2. The Bertz CT molecular complexity index is 1190. The van der Waals surface area contributed by atoms with Crippen LogP contribution < -0.4 is 0 Å². The molecule has 1 N–H and O–H groups in total. The number of aliphatic carboxylic acids is 1. The molecule has 2 aliphatic heterocycles. The van der Waals surface area contributed by atoms with Crippen LogP contribution in [0.1, 0.15) is 79.5 Å². The van der Waals surface area contributed by atoms with Crippen molar-refractivity contribution in [3.63, 3.8) is 0 Å². The Morgan fingerprint density at radius 3 is 2.14 bits per heavy atom. The Kier molecular flexibility index (Phi) is 7.40. The highest BCUT2D eigenvalue weighted by molar-refractivity contribution is 6.30. The molecule has 7 heteroatoms. The first kappa shape index (κ1) is 26.5. The van der Waals surface area contributed by atoms with Crippen molar-refractivity contribution in [1.82, 2.24) is 9.80 Å². The van der Waals surface area contributed by atoms with E-state index in [1.54, 1.807) is 0 Å². The van der Waals surface area contributed by atoms with Gasteiger partial charge in [-0.15, -0.1) is 0 Å². The van der Waals surface area contributed by atoms with Crippen molar-refractivity contribution in [3.05, 3.63) is 56.6 Å². The van der Waals surface area contributed by atoms with Gasteiger partial charge in [-0.1, -0.05) is 17.7 Å². The average molecular weight is 513 g/mol. The van der Waals surface area contributed by atoms with Crippen molar-refractivity contribution < 1.29 is 19.4 Å². The number of benzene rings is 2. The van der Waals surface area contributed by atoms with Crippen molar-refractivity contribution in [3.8, 4) is 11.1 Å². The number of amides is 2. The van der Waals surface area contributed by atoms with E-state index in [4.69, 9.17) is 16.3 Å². The molecule has 6 nitrogen and oxygen atoms in total. The van der Waals surface area contributed by atoms with E-state index in [2.05, 4.69) is 0 Å². The molecule has 194 valence electrons. The first-order valence-corrected chi connectivity index (χ1v) is 13.1. The van der Waals surface area contributed by atoms with Crippen molar-refractivity contribution in [1.29, 1.82) is 0 Å². The van der Waals surface area contributed by atoms with Crippen LogP contribution in [0.25, 0.3) is 11.1 Å². The van der Waals surface area contributed by atoms with Crippen LogP contribution in [0.3, 0.4) is 0 Å². The summed E-state index contributed by atoms with van der Waals surface area (Å²) in [7, 11) is 0. The third-order valence-corrected chi connectivity index (χ3v) is 7.56. The van der Waals surface area contributed by atoms with Gasteiger partial charge in [-0.25, -0.2) is 9.59 Å². The lowest BCUT2D eigenvalue weighted by molar-refractivity contribution is -0.160. The second kappa shape index (κ2) is 10.1. The number of fused-ring (bicyclic) bond motifs is 1. The van der Waals surface area contributed by atoms with E-state index in [9.17, 15) is 14.7 Å². The fourth-order valence-electron chi connectivity index (χ4n) is 5.61. The molecule has 1 saturated heterocycles. The number of likely N-dealkylation sites (tertiary alicyclic amines) is 1. The molecule has 2 heterocycles. The van der Waals surface area contributed by atoms with Crippen LogP contribution in [0, 0.1) is 20.8 Å². The number of nitrogens with zero attached hydrogens (tertiary/aromatic N) is 2. The lowest BCUT2D eigenvalue weighted by Crippen LogP contribution is -2.43. The zero-order chi connectivity index (χ0) is 26.4. The first-order valence-electron chi connectivity index (χ1n) is 12.7. The highest BCUT2D eigenvalue weighted by Gasteiger charge is 2.37. The Balaban J connectivity index is 1.89. The van der Waals surface area contributed by atoms with E-state index >= 15 is 0 Å². The summed E-state index contributed by atoms with van der Waals surface area (Å²) in [5.74, 6) is -1.03. The van der Waals surface area contributed by atoms with Gasteiger partial charge in [-0.05, 0) is 112 Å². The molecule has 0 aliphatic carbocycles. The first-order chi connectivity index (χ1) is 16.9. The van der Waals surface area contributed by atoms with E-state index in [1.807, 2.05) is 69.5 Å². The van der Waals surface area contributed by atoms with E-state index in [0.29, 0.717) is 23.7 Å². The number of piperidine rings is 1. The lowest BCUT2D eigenvalue weighted by Gasteiger charge is -2.30. The second-order valence-electron chi connectivity index (χ2n) is 11.1. The molecule has 0 spiro atoms. The molecule has 2 aromatic carbocycles. The van der Waals surface area contributed by atoms with E-state index in [0.717, 1.165) is 64.9 Å². The minimum atomic E-state index is -1.15. The normalized spacial score (nSPS) is 16.8. The summed E-state index contributed by atoms with van der Waals surface area (Å²) in [6.07, 6.45) is 2.10. The Hall–Kier alpha value is -2.57. The third kappa shape index (κ3) is 5.12. The SMILES string of the molecule is Cc1cc(Cl)ccc1-c1c(C)c2c(c(C)c1[C@H](OC(C)(C)C)C(=O)O)CN(C(=O)N1CCCCC1)C2. The Morgan fingerprint density at radius 2 is 1.58 bits per heavy atom. The minimum absolute atomic E-state index is 0.0659. The molecule has 0 saturated carbocycles. The average Bonchev–Trinajstić information content (AvgIpc) is 3.26. The fraction of sp³-hybridized carbons (Fsp3) is 0.517. The number of hydrogen-bond donors (Lipinski definition) is 1. The topological polar surface area (TPSA) is 70.1 Å². The van der Waals surface area contributed by atoms with Gasteiger partial charge in [0.1, 0.15) is 0 Å². The van der Waals surface area contributed by atoms with Crippen LogP contribution in [0.2, 0.25) is 5.02 Å². The number of urea groups is 1. The Labute approximate surface area is 219 Å². The molecule has 1 fully saturated rings. The molecule has 4 rings (SSSR count).